The van der Waals surface area contributed by atoms with E-state index in [1.165, 1.54) is 28.9 Å². The van der Waals surface area contributed by atoms with Crippen molar-refractivity contribution in [2.75, 3.05) is 0 Å². The molecule has 0 radical (unpaired) electrons. The highest BCUT2D eigenvalue weighted by molar-refractivity contribution is 6.30. The Balaban J connectivity index is 1.61. The van der Waals surface area contributed by atoms with E-state index in [1.807, 2.05) is 6.92 Å². The Bertz CT molecular complexity index is 1290. The number of hydrogen-bond donors (Lipinski definition) is 2. The van der Waals surface area contributed by atoms with Crippen LogP contribution in [0.5, 0.6) is 0 Å². The third-order valence-electron chi connectivity index (χ3n) is 6.29. The number of alkyl halides is 2. The van der Waals surface area contributed by atoms with Gasteiger partial charge in [0.1, 0.15) is 11.3 Å². The lowest BCUT2D eigenvalue weighted by molar-refractivity contribution is -0.0865. The second-order valence-corrected chi connectivity index (χ2v) is 9.15. The van der Waals surface area contributed by atoms with E-state index in [2.05, 4.69) is 15.4 Å². The van der Waals surface area contributed by atoms with E-state index in [4.69, 9.17) is 11.6 Å². The molecule has 6 nitrogen and oxygen atoms in total. The lowest BCUT2D eigenvalue weighted by Crippen LogP contribution is -2.37. The Morgan fingerprint density at radius 2 is 2.06 bits per heavy atom. The van der Waals surface area contributed by atoms with Crippen molar-refractivity contribution in [1.29, 1.82) is 0 Å². The molecular formula is C22H20ClF3N4O2. The molecular weight excluding hydrogens is 445 g/mol. The van der Waals surface area contributed by atoms with Crippen LogP contribution in [-0.4, -0.2) is 32.5 Å². The summed E-state index contributed by atoms with van der Waals surface area (Å²) in [6.07, 6.45) is 2.59. The largest absolute Gasteiger partial charge is 0.348 e. The molecule has 2 heterocycles. The summed E-state index contributed by atoms with van der Waals surface area (Å²) in [7, 11) is 0. The van der Waals surface area contributed by atoms with Crippen LogP contribution in [0.15, 0.2) is 29.2 Å². The second-order valence-electron chi connectivity index (χ2n) is 8.74. The fourth-order valence-electron chi connectivity index (χ4n) is 4.32. The van der Waals surface area contributed by atoms with Crippen LogP contribution in [0, 0.1) is 11.7 Å². The lowest BCUT2D eigenvalue weighted by Gasteiger charge is -2.34. The first-order chi connectivity index (χ1) is 15.1. The Labute approximate surface area is 185 Å². The average Bonchev–Trinajstić information content (AvgIpc) is 3.48. The van der Waals surface area contributed by atoms with Crippen molar-refractivity contribution >= 4 is 23.0 Å². The zero-order chi connectivity index (χ0) is 22.8. The zero-order valence-electron chi connectivity index (χ0n) is 17.1. The van der Waals surface area contributed by atoms with Crippen LogP contribution in [0.25, 0.3) is 16.8 Å². The molecule has 32 heavy (non-hydrogen) atoms. The predicted octanol–water partition coefficient (Wildman–Crippen LogP) is 4.52. The molecule has 0 saturated heterocycles. The lowest BCUT2D eigenvalue weighted by atomic mass is 9.76. The standard InChI is InChI=1S/C22H20ClF3N4O2/c1-10(11-2-3-11)27-20(31)18-17(13-7-22(25,26)8-13)19-21(32)28-16(9-30(19)29-18)12-4-5-14(23)15(24)6-12/h4-6,9-11,13H,2-3,7-8H2,1H3,(H,27,31)(H,28,32)/t10-/m0/s1. The maximum Gasteiger partial charge on any atom is 0.274 e. The zero-order valence-corrected chi connectivity index (χ0v) is 17.8. The van der Waals surface area contributed by atoms with Crippen molar-refractivity contribution in [3.05, 3.63) is 56.8 Å². The van der Waals surface area contributed by atoms with Crippen LogP contribution in [0.1, 0.15) is 54.6 Å². The van der Waals surface area contributed by atoms with Gasteiger partial charge in [0.05, 0.1) is 16.9 Å². The summed E-state index contributed by atoms with van der Waals surface area (Å²) in [6.45, 7) is 1.89. The summed E-state index contributed by atoms with van der Waals surface area (Å²) in [5.74, 6) is -4.24. The van der Waals surface area contributed by atoms with Crippen LogP contribution in [0.2, 0.25) is 5.02 Å². The van der Waals surface area contributed by atoms with Crippen LogP contribution >= 0.6 is 11.6 Å². The number of carbonyl (C=O) groups excluding carboxylic acids is 1. The van der Waals surface area contributed by atoms with Gasteiger partial charge < -0.3 is 10.3 Å². The minimum atomic E-state index is -2.83. The molecule has 0 bridgehead atoms. The molecule has 1 atom stereocenters. The first kappa shape index (κ1) is 21.1. The molecule has 2 fully saturated rings. The average molecular weight is 465 g/mol. The second kappa shape index (κ2) is 7.37. The first-order valence-corrected chi connectivity index (χ1v) is 10.8. The van der Waals surface area contributed by atoms with E-state index in [0.717, 1.165) is 12.8 Å². The Hall–Kier alpha value is -2.81. The number of rotatable bonds is 5. The number of benzene rings is 1. The summed E-state index contributed by atoms with van der Waals surface area (Å²) < 4.78 is 42.4. The highest BCUT2D eigenvalue weighted by Crippen LogP contribution is 2.50. The van der Waals surface area contributed by atoms with E-state index < -0.39 is 42.0 Å². The molecule has 1 amide bonds. The highest BCUT2D eigenvalue weighted by Gasteiger charge is 2.48. The third-order valence-corrected chi connectivity index (χ3v) is 6.60. The van der Waals surface area contributed by atoms with Gasteiger partial charge >= 0.3 is 0 Å². The molecule has 2 saturated carbocycles. The fraction of sp³-hybridized carbons (Fsp3) is 0.409. The van der Waals surface area contributed by atoms with E-state index in [0.29, 0.717) is 11.5 Å². The number of nitrogens with zero attached hydrogens (tertiary/aromatic N) is 2. The van der Waals surface area contributed by atoms with Gasteiger partial charge in [-0.1, -0.05) is 17.7 Å². The molecule has 2 N–H and O–H groups in total. The van der Waals surface area contributed by atoms with Crippen molar-refractivity contribution in [2.45, 2.75) is 50.5 Å². The molecule has 3 aromatic rings. The van der Waals surface area contributed by atoms with Crippen molar-refractivity contribution in [2.24, 2.45) is 5.92 Å². The molecule has 0 aliphatic heterocycles. The number of H-pyrrole nitrogens is 1. The van der Waals surface area contributed by atoms with Gasteiger partial charge in [0, 0.05) is 35.9 Å². The molecule has 2 aliphatic carbocycles. The van der Waals surface area contributed by atoms with E-state index in [1.54, 1.807) is 0 Å². The van der Waals surface area contributed by atoms with Crippen molar-refractivity contribution in [1.82, 2.24) is 19.9 Å². The minimum absolute atomic E-state index is 0.0251. The smallest absolute Gasteiger partial charge is 0.274 e. The fourth-order valence-corrected chi connectivity index (χ4v) is 4.44. The first-order valence-electron chi connectivity index (χ1n) is 10.4. The molecule has 10 heteroatoms. The molecule has 2 aromatic heterocycles. The van der Waals surface area contributed by atoms with Gasteiger partial charge in [0.2, 0.25) is 5.92 Å². The quantitative estimate of drug-likeness (QED) is 0.582. The predicted molar refractivity (Wildman–Crippen MR) is 113 cm³/mol. The van der Waals surface area contributed by atoms with Gasteiger partial charge in [-0.15, -0.1) is 0 Å². The Morgan fingerprint density at radius 1 is 1.34 bits per heavy atom. The number of carbonyl (C=O) groups is 1. The summed E-state index contributed by atoms with van der Waals surface area (Å²) in [5, 5.41) is 7.13. The maximum absolute atomic E-state index is 13.9. The Kier molecular flexibility index (Phi) is 4.85. The van der Waals surface area contributed by atoms with E-state index >= 15 is 0 Å². The summed E-state index contributed by atoms with van der Waals surface area (Å²) >= 11 is 5.73. The Morgan fingerprint density at radius 3 is 2.69 bits per heavy atom. The highest BCUT2D eigenvalue weighted by atomic mass is 35.5. The van der Waals surface area contributed by atoms with Crippen molar-refractivity contribution in [3.8, 4) is 11.3 Å². The number of fused-ring (bicyclic) bond motifs is 1. The molecule has 0 unspecified atom stereocenters. The molecule has 2 aliphatic rings. The summed E-state index contributed by atoms with van der Waals surface area (Å²) in [4.78, 5) is 28.6. The third kappa shape index (κ3) is 3.68. The number of amides is 1. The molecule has 168 valence electrons. The number of aromatic amines is 1. The van der Waals surface area contributed by atoms with Gasteiger partial charge in [-0.2, -0.15) is 5.10 Å². The summed E-state index contributed by atoms with van der Waals surface area (Å²) in [5.41, 5.74) is 0.267. The molecule has 5 rings (SSSR count). The SMILES string of the molecule is C[C@H](NC(=O)c1nn2cc(-c3ccc(Cl)c(F)c3)[nH]c(=O)c2c1C1CC(F)(F)C1)C1CC1. The van der Waals surface area contributed by atoms with Crippen LogP contribution < -0.4 is 10.9 Å². The van der Waals surface area contributed by atoms with Gasteiger partial charge in [-0.05, 0) is 37.8 Å². The van der Waals surface area contributed by atoms with Crippen LogP contribution in [0.4, 0.5) is 13.2 Å². The van der Waals surface area contributed by atoms with Gasteiger partial charge in [0.25, 0.3) is 11.5 Å². The monoisotopic (exact) mass is 464 g/mol. The topological polar surface area (TPSA) is 79.3 Å². The number of hydrogen-bond acceptors (Lipinski definition) is 3. The molecule has 0 spiro atoms. The van der Waals surface area contributed by atoms with E-state index in [-0.39, 0.29) is 33.5 Å². The van der Waals surface area contributed by atoms with E-state index in [9.17, 15) is 22.8 Å². The normalized spacial score (nSPS) is 19.0. The van der Waals surface area contributed by atoms with Crippen molar-refractivity contribution in [3.63, 3.8) is 0 Å². The summed E-state index contributed by atoms with van der Waals surface area (Å²) in [6, 6.07) is 3.98. The number of halogens is 4. The van der Waals surface area contributed by atoms with Crippen LogP contribution in [-0.2, 0) is 0 Å². The molecule has 1 aromatic carbocycles. The van der Waals surface area contributed by atoms with Crippen LogP contribution in [0.3, 0.4) is 0 Å². The van der Waals surface area contributed by atoms with Gasteiger partial charge in [0.15, 0.2) is 5.69 Å². The van der Waals surface area contributed by atoms with Gasteiger partial charge in [-0.3, -0.25) is 9.59 Å². The number of aromatic nitrogens is 3. The van der Waals surface area contributed by atoms with Crippen molar-refractivity contribution < 1.29 is 18.0 Å². The van der Waals surface area contributed by atoms with Gasteiger partial charge in [-0.25, -0.2) is 17.7 Å². The maximum atomic E-state index is 13.9. The minimum Gasteiger partial charge on any atom is -0.348 e. The number of nitrogens with one attached hydrogen (secondary N) is 2.